The Balaban J connectivity index is 2.23. The number of rotatable bonds is 8. The minimum Gasteiger partial charge on any atom is -0.330 e. The third-order valence-corrected chi connectivity index (χ3v) is 3.73. The summed E-state index contributed by atoms with van der Waals surface area (Å²) in [5.74, 6) is 0.759. The maximum Gasteiger partial charge on any atom is 0.0231 e. The maximum atomic E-state index is 5.56. The molecule has 0 bridgehead atoms. The van der Waals surface area contributed by atoms with E-state index in [-0.39, 0.29) is 0 Å². The van der Waals surface area contributed by atoms with Gasteiger partial charge >= 0.3 is 0 Å². The van der Waals surface area contributed by atoms with Crippen LogP contribution in [0.1, 0.15) is 31.7 Å². The van der Waals surface area contributed by atoms with Gasteiger partial charge in [-0.3, -0.25) is 0 Å². The van der Waals surface area contributed by atoms with Gasteiger partial charge < -0.3 is 10.6 Å². The normalized spacial score (nSPS) is 12.9. The largest absolute Gasteiger partial charge is 0.330 e. The fraction of sp³-hybridized carbons (Fsp3) is 0.600. The Morgan fingerprint density at radius 3 is 2.78 bits per heavy atom. The summed E-state index contributed by atoms with van der Waals surface area (Å²) >= 11 is 3.51. The van der Waals surface area contributed by atoms with Crippen molar-refractivity contribution >= 4 is 15.9 Å². The number of benzene rings is 1. The molecule has 0 spiro atoms. The van der Waals surface area contributed by atoms with E-state index in [1.807, 2.05) is 0 Å². The van der Waals surface area contributed by atoms with Gasteiger partial charge in [-0.15, -0.1) is 0 Å². The second-order valence-electron chi connectivity index (χ2n) is 5.19. The van der Waals surface area contributed by atoms with E-state index in [1.54, 1.807) is 0 Å². The molecule has 3 heteroatoms. The van der Waals surface area contributed by atoms with E-state index in [0.717, 1.165) is 36.4 Å². The predicted molar refractivity (Wildman–Crippen MR) is 82.5 cm³/mol. The lowest BCUT2D eigenvalue weighted by Crippen LogP contribution is -2.19. The lowest BCUT2D eigenvalue weighted by molar-refractivity contribution is 0.306. The van der Waals surface area contributed by atoms with Crippen molar-refractivity contribution in [2.45, 2.75) is 32.7 Å². The van der Waals surface area contributed by atoms with Gasteiger partial charge in [0.15, 0.2) is 0 Å². The third-order valence-electron chi connectivity index (χ3n) is 3.24. The topological polar surface area (TPSA) is 29.3 Å². The van der Waals surface area contributed by atoms with Crippen LogP contribution in [0.15, 0.2) is 28.7 Å². The van der Waals surface area contributed by atoms with Crippen molar-refractivity contribution in [1.29, 1.82) is 0 Å². The van der Waals surface area contributed by atoms with Crippen molar-refractivity contribution in [3.8, 4) is 0 Å². The number of nitrogens with two attached hydrogens (primary N) is 1. The van der Waals surface area contributed by atoms with Crippen LogP contribution in [0, 0.1) is 5.92 Å². The lowest BCUT2D eigenvalue weighted by Gasteiger charge is -2.18. The molecule has 2 N–H and O–H groups in total. The molecule has 0 aliphatic heterocycles. The van der Waals surface area contributed by atoms with Crippen LogP contribution in [-0.4, -0.2) is 25.0 Å². The zero-order chi connectivity index (χ0) is 13.4. The highest BCUT2D eigenvalue weighted by molar-refractivity contribution is 9.10. The molecule has 1 aromatic carbocycles. The summed E-state index contributed by atoms with van der Waals surface area (Å²) in [7, 11) is 2.19. The molecule has 0 aliphatic rings. The minimum absolute atomic E-state index is 0.759. The average molecular weight is 313 g/mol. The Kier molecular flexibility index (Phi) is 7.56. The molecule has 0 amide bonds. The third kappa shape index (κ3) is 6.53. The fourth-order valence-electron chi connectivity index (χ4n) is 2.16. The van der Waals surface area contributed by atoms with Crippen LogP contribution < -0.4 is 5.73 Å². The fourth-order valence-corrected chi connectivity index (χ4v) is 2.61. The number of halogens is 1. The summed E-state index contributed by atoms with van der Waals surface area (Å²) in [6.07, 6.45) is 3.68. The van der Waals surface area contributed by atoms with Crippen molar-refractivity contribution < 1.29 is 0 Å². The highest BCUT2D eigenvalue weighted by atomic mass is 79.9. The van der Waals surface area contributed by atoms with Crippen LogP contribution in [0.4, 0.5) is 0 Å². The zero-order valence-corrected chi connectivity index (χ0v) is 13.1. The molecule has 0 heterocycles. The van der Waals surface area contributed by atoms with E-state index in [9.17, 15) is 0 Å². The van der Waals surface area contributed by atoms with Gasteiger partial charge in [-0.1, -0.05) is 35.0 Å². The highest BCUT2D eigenvalue weighted by Crippen LogP contribution is 2.14. The standard InChI is InChI=1S/C15H25BrN2/c1-13(8-9-17)5-4-10-18(2)12-14-6-3-7-15(16)11-14/h3,6-7,11,13H,4-5,8-10,12,17H2,1-2H3. The van der Waals surface area contributed by atoms with Crippen molar-refractivity contribution in [3.05, 3.63) is 34.3 Å². The van der Waals surface area contributed by atoms with E-state index in [0.29, 0.717) is 0 Å². The smallest absolute Gasteiger partial charge is 0.0231 e. The van der Waals surface area contributed by atoms with Crippen molar-refractivity contribution in [2.75, 3.05) is 20.1 Å². The van der Waals surface area contributed by atoms with E-state index in [4.69, 9.17) is 5.73 Å². The molecule has 0 saturated heterocycles. The van der Waals surface area contributed by atoms with Gasteiger partial charge in [0.2, 0.25) is 0 Å². The second kappa shape index (κ2) is 8.68. The first-order valence-corrected chi connectivity index (χ1v) is 7.54. The summed E-state index contributed by atoms with van der Waals surface area (Å²) in [5, 5.41) is 0. The van der Waals surface area contributed by atoms with Crippen molar-refractivity contribution in [3.63, 3.8) is 0 Å². The Hall–Kier alpha value is -0.380. The molecular formula is C15H25BrN2. The lowest BCUT2D eigenvalue weighted by atomic mass is 10.0. The summed E-state index contributed by atoms with van der Waals surface area (Å²) in [6.45, 7) is 5.28. The van der Waals surface area contributed by atoms with Crippen LogP contribution >= 0.6 is 15.9 Å². The van der Waals surface area contributed by atoms with Gasteiger partial charge in [0, 0.05) is 11.0 Å². The summed E-state index contributed by atoms with van der Waals surface area (Å²) in [6, 6.07) is 8.53. The van der Waals surface area contributed by atoms with Gasteiger partial charge in [0.05, 0.1) is 0 Å². The first-order chi connectivity index (χ1) is 8.61. The zero-order valence-electron chi connectivity index (χ0n) is 11.5. The Bertz CT molecular complexity index is 341. The molecule has 1 unspecified atom stereocenters. The van der Waals surface area contributed by atoms with Crippen LogP contribution in [0.5, 0.6) is 0 Å². The van der Waals surface area contributed by atoms with Gasteiger partial charge in [-0.2, -0.15) is 0 Å². The van der Waals surface area contributed by atoms with Crippen LogP contribution in [0.25, 0.3) is 0 Å². The molecule has 2 nitrogen and oxygen atoms in total. The van der Waals surface area contributed by atoms with E-state index < -0.39 is 0 Å². The quantitative estimate of drug-likeness (QED) is 0.794. The monoisotopic (exact) mass is 312 g/mol. The first kappa shape index (κ1) is 15.7. The Morgan fingerprint density at radius 2 is 2.11 bits per heavy atom. The van der Waals surface area contributed by atoms with E-state index in [2.05, 4.69) is 59.1 Å². The molecule has 0 radical (unpaired) electrons. The summed E-state index contributed by atoms with van der Waals surface area (Å²) < 4.78 is 1.16. The molecule has 0 aliphatic carbocycles. The van der Waals surface area contributed by atoms with Gasteiger partial charge in [-0.05, 0) is 63.0 Å². The summed E-state index contributed by atoms with van der Waals surface area (Å²) in [5.41, 5.74) is 6.93. The van der Waals surface area contributed by atoms with Crippen molar-refractivity contribution in [2.24, 2.45) is 11.7 Å². The maximum absolute atomic E-state index is 5.56. The Labute approximate surface area is 120 Å². The molecular weight excluding hydrogens is 288 g/mol. The van der Waals surface area contributed by atoms with Crippen LogP contribution in [0.2, 0.25) is 0 Å². The molecule has 1 rings (SSSR count). The SMILES string of the molecule is CC(CCN)CCCN(C)Cc1cccc(Br)c1. The van der Waals surface area contributed by atoms with E-state index >= 15 is 0 Å². The molecule has 102 valence electrons. The number of hydrogen-bond acceptors (Lipinski definition) is 2. The Morgan fingerprint density at radius 1 is 1.33 bits per heavy atom. The van der Waals surface area contributed by atoms with E-state index in [1.165, 1.54) is 18.4 Å². The molecule has 1 atom stereocenters. The van der Waals surface area contributed by atoms with Gasteiger partial charge in [0.1, 0.15) is 0 Å². The predicted octanol–water partition coefficient (Wildman–Crippen LogP) is 3.65. The molecule has 0 aromatic heterocycles. The van der Waals surface area contributed by atoms with Gasteiger partial charge in [-0.25, -0.2) is 0 Å². The van der Waals surface area contributed by atoms with Crippen LogP contribution in [0.3, 0.4) is 0 Å². The average Bonchev–Trinajstić information content (AvgIpc) is 2.29. The van der Waals surface area contributed by atoms with Crippen molar-refractivity contribution in [1.82, 2.24) is 4.90 Å². The number of hydrogen-bond donors (Lipinski definition) is 1. The molecule has 0 saturated carbocycles. The first-order valence-electron chi connectivity index (χ1n) is 6.75. The summed E-state index contributed by atoms with van der Waals surface area (Å²) in [4.78, 5) is 2.39. The molecule has 18 heavy (non-hydrogen) atoms. The highest BCUT2D eigenvalue weighted by Gasteiger charge is 2.04. The minimum atomic E-state index is 0.759. The number of nitrogens with zero attached hydrogens (tertiary/aromatic N) is 1. The van der Waals surface area contributed by atoms with Gasteiger partial charge in [0.25, 0.3) is 0 Å². The van der Waals surface area contributed by atoms with Crippen LogP contribution in [-0.2, 0) is 6.54 Å². The molecule has 1 aromatic rings. The second-order valence-corrected chi connectivity index (χ2v) is 6.11. The molecule has 0 fully saturated rings.